The summed E-state index contributed by atoms with van der Waals surface area (Å²) >= 11 is 0. The van der Waals surface area contributed by atoms with Crippen LogP contribution in [0.1, 0.15) is 10.5 Å². The minimum Gasteiger partial charge on any atom is -0.295 e. The van der Waals surface area contributed by atoms with E-state index < -0.39 is 17.4 Å². The van der Waals surface area contributed by atoms with Gasteiger partial charge in [0.2, 0.25) is 0 Å². The minimum absolute atomic E-state index is 0.0390. The molecule has 2 aromatic carbocycles. The van der Waals surface area contributed by atoms with Gasteiger partial charge in [0.15, 0.2) is 5.69 Å². The number of rotatable bonds is 3. The number of aromatic amines is 1. The number of aryl methyl sites for hydroxylation is 1. The van der Waals surface area contributed by atoms with Gasteiger partial charge in [-0.05, 0) is 18.2 Å². The smallest absolute Gasteiger partial charge is 0.295 e. The molecule has 0 bridgehead atoms. The van der Waals surface area contributed by atoms with Gasteiger partial charge in [0.25, 0.3) is 17.4 Å². The van der Waals surface area contributed by atoms with E-state index in [1.807, 2.05) is 0 Å². The van der Waals surface area contributed by atoms with Gasteiger partial charge in [-0.15, -0.1) is 0 Å². The van der Waals surface area contributed by atoms with Crippen LogP contribution in [0.15, 0.2) is 58.1 Å². The first-order valence-electron chi connectivity index (χ1n) is 8.68. The third-order valence-corrected chi connectivity index (χ3v) is 4.58. The third-order valence-electron chi connectivity index (χ3n) is 4.58. The standard InChI is InChI=1S/C19H16N6O4/c1-24-13-8-4-5-9-14(13)25(19(24)29)10-15(26)20-23-18(28)16-11-6-2-3-7-12(11)17(27)22-21-16/h2-9H,10H2,1H3,(H,20,26)(H,22,27)(H,23,28). The van der Waals surface area contributed by atoms with E-state index in [0.29, 0.717) is 21.8 Å². The topological polar surface area (TPSA) is 131 Å². The van der Waals surface area contributed by atoms with Crippen LogP contribution in [0.4, 0.5) is 0 Å². The lowest BCUT2D eigenvalue weighted by molar-refractivity contribution is -0.122. The van der Waals surface area contributed by atoms with Gasteiger partial charge in [0.05, 0.1) is 16.4 Å². The fraction of sp³-hybridized carbons (Fsp3) is 0.105. The Kier molecular flexibility index (Phi) is 4.43. The molecule has 4 rings (SSSR count). The highest BCUT2D eigenvalue weighted by Gasteiger charge is 2.16. The van der Waals surface area contributed by atoms with Gasteiger partial charge in [-0.25, -0.2) is 9.89 Å². The Bertz CT molecular complexity index is 1380. The molecule has 0 fully saturated rings. The molecule has 0 unspecified atom stereocenters. The maximum absolute atomic E-state index is 12.4. The minimum atomic E-state index is -0.698. The molecule has 0 atom stereocenters. The highest BCUT2D eigenvalue weighted by atomic mass is 16.2. The number of nitrogens with zero attached hydrogens (tertiary/aromatic N) is 3. The zero-order chi connectivity index (χ0) is 20.5. The van der Waals surface area contributed by atoms with Crippen molar-refractivity contribution in [1.29, 1.82) is 0 Å². The first-order valence-corrected chi connectivity index (χ1v) is 8.68. The van der Waals surface area contributed by atoms with Crippen LogP contribution in [0, 0.1) is 0 Å². The molecular formula is C19H16N6O4. The molecular weight excluding hydrogens is 376 g/mol. The molecule has 10 nitrogen and oxygen atoms in total. The Morgan fingerprint density at radius 1 is 0.966 bits per heavy atom. The number of benzene rings is 2. The van der Waals surface area contributed by atoms with Gasteiger partial charge in [-0.2, -0.15) is 5.10 Å². The van der Waals surface area contributed by atoms with Gasteiger partial charge >= 0.3 is 5.69 Å². The SMILES string of the molecule is Cn1c(=O)n(CC(=O)NNC(=O)c2n[nH]c(=O)c3ccccc23)c2ccccc21. The number of amides is 2. The Morgan fingerprint density at radius 3 is 2.38 bits per heavy atom. The van der Waals surface area contributed by atoms with Crippen LogP contribution in [-0.2, 0) is 18.4 Å². The summed E-state index contributed by atoms with van der Waals surface area (Å²) in [4.78, 5) is 48.9. The monoisotopic (exact) mass is 392 g/mol. The molecule has 0 saturated heterocycles. The molecule has 2 aromatic heterocycles. The second kappa shape index (κ2) is 7.08. The number of nitrogens with one attached hydrogen (secondary N) is 3. The summed E-state index contributed by atoms with van der Waals surface area (Å²) in [6.45, 7) is -0.278. The highest BCUT2D eigenvalue weighted by molar-refractivity contribution is 6.05. The number of hydrogen-bond donors (Lipinski definition) is 3. The molecule has 3 N–H and O–H groups in total. The van der Waals surface area contributed by atoms with E-state index >= 15 is 0 Å². The number of carbonyl (C=O) groups excluding carboxylic acids is 2. The molecule has 2 amide bonds. The molecule has 29 heavy (non-hydrogen) atoms. The summed E-state index contributed by atoms with van der Waals surface area (Å²) in [5.41, 5.74) is 5.02. The van der Waals surface area contributed by atoms with Crippen molar-refractivity contribution in [2.75, 3.05) is 0 Å². The molecule has 4 aromatic rings. The zero-order valence-corrected chi connectivity index (χ0v) is 15.3. The van der Waals surface area contributed by atoms with Crippen LogP contribution < -0.4 is 22.1 Å². The van der Waals surface area contributed by atoms with Crippen LogP contribution in [0.2, 0.25) is 0 Å². The maximum atomic E-state index is 12.4. The third kappa shape index (κ3) is 3.16. The largest absolute Gasteiger partial charge is 0.329 e. The number of hydrazine groups is 1. The Balaban J connectivity index is 1.52. The summed E-state index contributed by atoms with van der Waals surface area (Å²) in [6, 6.07) is 13.6. The van der Waals surface area contributed by atoms with Crippen LogP contribution >= 0.6 is 0 Å². The lowest BCUT2D eigenvalue weighted by Gasteiger charge is -2.09. The molecule has 0 radical (unpaired) electrons. The zero-order valence-electron chi connectivity index (χ0n) is 15.3. The number of para-hydroxylation sites is 2. The summed E-state index contributed by atoms with van der Waals surface area (Å²) in [6.07, 6.45) is 0. The number of H-pyrrole nitrogens is 1. The van der Waals surface area contributed by atoms with Gasteiger partial charge in [0.1, 0.15) is 6.54 Å². The van der Waals surface area contributed by atoms with Crippen molar-refractivity contribution in [3.63, 3.8) is 0 Å². The summed E-state index contributed by atoms with van der Waals surface area (Å²) in [5.74, 6) is -1.29. The quantitative estimate of drug-likeness (QED) is 0.424. The van der Waals surface area contributed by atoms with E-state index in [9.17, 15) is 19.2 Å². The molecule has 0 saturated carbocycles. The average Bonchev–Trinajstić information content (AvgIpc) is 2.97. The first-order chi connectivity index (χ1) is 14.0. The van der Waals surface area contributed by atoms with E-state index in [0.717, 1.165) is 0 Å². The van der Waals surface area contributed by atoms with E-state index in [1.165, 1.54) is 9.13 Å². The fourth-order valence-electron chi connectivity index (χ4n) is 3.17. The summed E-state index contributed by atoms with van der Waals surface area (Å²) < 4.78 is 2.75. The van der Waals surface area contributed by atoms with Crippen molar-refractivity contribution < 1.29 is 9.59 Å². The van der Waals surface area contributed by atoms with Crippen LogP contribution in [0.5, 0.6) is 0 Å². The van der Waals surface area contributed by atoms with Crippen molar-refractivity contribution in [2.24, 2.45) is 7.05 Å². The number of hydrogen-bond acceptors (Lipinski definition) is 5. The fourth-order valence-corrected chi connectivity index (χ4v) is 3.17. The van der Waals surface area contributed by atoms with Crippen molar-refractivity contribution in [1.82, 2.24) is 30.2 Å². The van der Waals surface area contributed by atoms with Gasteiger partial charge < -0.3 is 0 Å². The second-order valence-electron chi connectivity index (χ2n) is 6.37. The number of aromatic nitrogens is 4. The molecule has 0 aliphatic heterocycles. The van der Waals surface area contributed by atoms with E-state index in [-0.39, 0.29) is 17.9 Å². The van der Waals surface area contributed by atoms with Crippen LogP contribution in [0.3, 0.4) is 0 Å². The highest BCUT2D eigenvalue weighted by Crippen LogP contribution is 2.12. The lowest BCUT2D eigenvalue weighted by Crippen LogP contribution is -2.44. The van der Waals surface area contributed by atoms with Crippen molar-refractivity contribution >= 4 is 33.6 Å². The van der Waals surface area contributed by atoms with Crippen molar-refractivity contribution in [3.05, 3.63) is 75.1 Å². The Hall–Kier alpha value is -4.21. The van der Waals surface area contributed by atoms with Crippen molar-refractivity contribution in [2.45, 2.75) is 6.54 Å². The maximum Gasteiger partial charge on any atom is 0.329 e. The van der Waals surface area contributed by atoms with Gasteiger partial charge in [0, 0.05) is 12.4 Å². The van der Waals surface area contributed by atoms with Crippen molar-refractivity contribution in [3.8, 4) is 0 Å². The predicted molar refractivity (Wildman–Crippen MR) is 105 cm³/mol. The average molecular weight is 392 g/mol. The van der Waals surface area contributed by atoms with Crippen LogP contribution in [-0.4, -0.2) is 31.1 Å². The van der Waals surface area contributed by atoms with Gasteiger partial charge in [-0.1, -0.05) is 30.3 Å². The molecule has 0 aliphatic carbocycles. The molecule has 0 aliphatic rings. The number of fused-ring (bicyclic) bond motifs is 2. The second-order valence-corrected chi connectivity index (χ2v) is 6.37. The van der Waals surface area contributed by atoms with E-state index in [1.54, 1.807) is 55.6 Å². The Morgan fingerprint density at radius 2 is 1.62 bits per heavy atom. The van der Waals surface area contributed by atoms with E-state index in [4.69, 9.17) is 0 Å². The normalized spacial score (nSPS) is 10.9. The lowest BCUT2D eigenvalue weighted by atomic mass is 10.1. The van der Waals surface area contributed by atoms with Crippen LogP contribution in [0.25, 0.3) is 21.8 Å². The predicted octanol–water partition coefficient (Wildman–Crippen LogP) is 0.0377. The first kappa shape index (κ1) is 18.2. The summed E-state index contributed by atoms with van der Waals surface area (Å²) in [5, 5.41) is 6.68. The number of carbonyl (C=O) groups is 2. The molecule has 0 spiro atoms. The van der Waals surface area contributed by atoms with Gasteiger partial charge in [-0.3, -0.25) is 34.4 Å². The molecule has 2 heterocycles. The Labute approximate surface area is 162 Å². The molecule has 146 valence electrons. The molecule has 10 heteroatoms. The van der Waals surface area contributed by atoms with E-state index in [2.05, 4.69) is 21.0 Å². The number of imidazole rings is 1. The summed E-state index contributed by atoms with van der Waals surface area (Å²) in [7, 11) is 1.62.